The van der Waals surface area contributed by atoms with Crippen molar-refractivity contribution in [1.82, 2.24) is 5.43 Å². The van der Waals surface area contributed by atoms with Crippen molar-refractivity contribution in [3.8, 4) is 0 Å². The van der Waals surface area contributed by atoms with Crippen LogP contribution in [0.3, 0.4) is 0 Å². The summed E-state index contributed by atoms with van der Waals surface area (Å²) in [4.78, 5) is 4.34. The fourth-order valence-corrected chi connectivity index (χ4v) is 1.05. The molecule has 0 bridgehead atoms. The third-order valence-electron chi connectivity index (χ3n) is 1.83. The van der Waals surface area contributed by atoms with Crippen LogP contribution in [0, 0.1) is 0 Å². The number of hydrogen-bond donors (Lipinski definition) is 2. The maximum Gasteiger partial charge on any atom is 0.142 e. The molecule has 0 amide bonds. The van der Waals surface area contributed by atoms with Gasteiger partial charge in [0.05, 0.1) is 11.3 Å². The lowest BCUT2D eigenvalue weighted by atomic mass is 10.2. The van der Waals surface area contributed by atoms with Crippen molar-refractivity contribution < 1.29 is 4.74 Å². The SMILES string of the molecule is CC(C)(C)OCC(=Nc1ccccc1)NN. The van der Waals surface area contributed by atoms with E-state index in [4.69, 9.17) is 10.6 Å². The molecule has 0 aliphatic rings. The lowest BCUT2D eigenvalue weighted by molar-refractivity contribution is 0.0203. The molecule has 0 heterocycles. The highest BCUT2D eigenvalue weighted by molar-refractivity contribution is 5.85. The van der Waals surface area contributed by atoms with Gasteiger partial charge in [-0.3, -0.25) is 0 Å². The van der Waals surface area contributed by atoms with Gasteiger partial charge in [-0.15, -0.1) is 0 Å². The van der Waals surface area contributed by atoms with Crippen molar-refractivity contribution in [3.05, 3.63) is 30.3 Å². The molecule has 0 aliphatic heterocycles. The van der Waals surface area contributed by atoms with E-state index in [2.05, 4.69) is 10.4 Å². The standard InChI is InChI=1S/C12H19N3O/c1-12(2,3)16-9-11(15-13)14-10-7-5-4-6-8-10/h4-8H,9,13H2,1-3H3,(H,14,15). The average Bonchev–Trinajstić information content (AvgIpc) is 2.24. The largest absolute Gasteiger partial charge is 0.368 e. The van der Waals surface area contributed by atoms with Crippen LogP contribution in [0.15, 0.2) is 35.3 Å². The van der Waals surface area contributed by atoms with E-state index in [1.54, 1.807) is 0 Å². The Morgan fingerprint density at radius 2 is 1.94 bits per heavy atom. The number of nitrogens with zero attached hydrogens (tertiary/aromatic N) is 1. The third kappa shape index (κ3) is 4.91. The second-order valence-corrected chi connectivity index (χ2v) is 4.44. The molecule has 0 radical (unpaired) electrons. The number of benzene rings is 1. The molecular weight excluding hydrogens is 202 g/mol. The van der Waals surface area contributed by atoms with E-state index in [9.17, 15) is 0 Å². The molecular formula is C12H19N3O. The van der Waals surface area contributed by atoms with Gasteiger partial charge >= 0.3 is 0 Å². The van der Waals surface area contributed by atoms with Crippen LogP contribution in [0.25, 0.3) is 0 Å². The summed E-state index contributed by atoms with van der Waals surface area (Å²) in [7, 11) is 0. The summed E-state index contributed by atoms with van der Waals surface area (Å²) in [5, 5.41) is 0. The summed E-state index contributed by atoms with van der Waals surface area (Å²) in [6.45, 7) is 6.34. The molecule has 1 rings (SSSR count). The number of aliphatic imine (C=N–C) groups is 1. The van der Waals surface area contributed by atoms with Gasteiger partial charge in [0.25, 0.3) is 0 Å². The van der Waals surface area contributed by atoms with E-state index in [1.807, 2.05) is 51.1 Å². The predicted molar refractivity (Wildman–Crippen MR) is 66.6 cm³/mol. The summed E-state index contributed by atoms with van der Waals surface area (Å²) < 4.78 is 5.58. The smallest absolute Gasteiger partial charge is 0.142 e. The highest BCUT2D eigenvalue weighted by Gasteiger charge is 2.11. The second-order valence-electron chi connectivity index (χ2n) is 4.44. The Hall–Kier alpha value is -1.39. The summed E-state index contributed by atoms with van der Waals surface area (Å²) in [6, 6.07) is 9.62. The molecule has 88 valence electrons. The molecule has 4 heteroatoms. The normalized spacial score (nSPS) is 12.6. The van der Waals surface area contributed by atoms with E-state index >= 15 is 0 Å². The molecule has 0 saturated heterocycles. The van der Waals surface area contributed by atoms with Crippen LogP contribution in [-0.2, 0) is 4.74 Å². The van der Waals surface area contributed by atoms with Crippen molar-refractivity contribution in [2.75, 3.05) is 6.61 Å². The van der Waals surface area contributed by atoms with Crippen LogP contribution in [0.5, 0.6) is 0 Å². The quantitative estimate of drug-likeness (QED) is 0.355. The number of hydrazine groups is 1. The molecule has 0 unspecified atom stereocenters. The molecule has 1 aromatic carbocycles. The first-order valence-corrected chi connectivity index (χ1v) is 5.24. The van der Waals surface area contributed by atoms with Gasteiger partial charge in [-0.2, -0.15) is 0 Å². The van der Waals surface area contributed by atoms with Crippen molar-refractivity contribution in [2.45, 2.75) is 26.4 Å². The van der Waals surface area contributed by atoms with Crippen LogP contribution in [0.2, 0.25) is 0 Å². The molecule has 0 aliphatic carbocycles. The number of ether oxygens (including phenoxy) is 1. The first-order valence-electron chi connectivity index (χ1n) is 5.24. The third-order valence-corrected chi connectivity index (χ3v) is 1.83. The van der Waals surface area contributed by atoms with Crippen LogP contribution in [0.4, 0.5) is 5.69 Å². The highest BCUT2D eigenvalue weighted by atomic mass is 16.5. The van der Waals surface area contributed by atoms with Crippen molar-refractivity contribution in [3.63, 3.8) is 0 Å². The van der Waals surface area contributed by atoms with E-state index in [1.165, 1.54) is 0 Å². The Balaban J connectivity index is 2.64. The zero-order chi connectivity index (χ0) is 12.0. The molecule has 0 aromatic heterocycles. The van der Waals surface area contributed by atoms with Gasteiger partial charge in [-0.25, -0.2) is 10.8 Å². The maximum atomic E-state index is 5.58. The van der Waals surface area contributed by atoms with Crippen LogP contribution in [-0.4, -0.2) is 18.0 Å². The summed E-state index contributed by atoms with van der Waals surface area (Å²) in [5.41, 5.74) is 3.20. The van der Waals surface area contributed by atoms with Crippen LogP contribution < -0.4 is 11.3 Å². The number of nitrogens with one attached hydrogen (secondary N) is 1. The average molecular weight is 221 g/mol. The molecule has 3 N–H and O–H groups in total. The topological polar surface area (TPSA) is 59.6 Å². The lowest BCUT2D eigenvalue weighted by Crippen LogP contribution is -2.36. The Bertz CT molecular complexity index is 341. The number of rotatable bonds is 3. The van der Waals surface area contributed by atoms with Gasteiger partial charge in [0.15, 0.2) is 0 Å². The van der Waals surface area contributed by atoms with E-state index in [0.717, 1.165) is 5.69 Å². The molecule has 4 nitrogen and oxygen atoms in total. The highest BCUT2D eigenvalue weighted by Crippen LogP contribution is 2.11. The van der Waals surface area contributed by atoms with Crippen molar-refractivity contribution >= 4 is 11.5 Å². The first kappa shape index (κ1) is 12.7. The van der Waals surface area contributed by atoms with E-state index in [-0.39, 0.29) is 5.60 Å². The number of para-hydroxylation sites is 1. The van der Waals surface area contributed by atoms with E-state index < -0.39 is 0 Å². The Morgan fingerprint density at radius 3 is 2.44 bits per heavy atom. The van der Waals surface area contributed by atoms with Crippen molar-refractivity contribution in [1.29, 1.82) is 0 Å². The number of hydrogen-bond acceptors (Lipinski definition) is 3. The number of nitrogens with two attached hydrogens (primary N) is 1. The number of amidine groups is 1. The minimum Gasteiger partial charge on any atom is -0.368 e. The minimum atomic E-state index is -0.200. The molecule has 0 fully saturated rings. The second kappa shape index (κ2) is 5.63. The van der Waals surface area contributed by atoms with Gasteiger partial charge in [-0.05, 0) is 32.9 Å². The van der Waals surface area contributed by atoms with Crippen molar-refractivity contribution in [2.24, 2.45) is 10.8 Å². The molecule has 16 heavy (non-hydrogen) atoms. The van der Waals surface area contributed by atoms with Gasteiger partial charge in [-0.1, -0.05) is 18.2 Å². The molecule has 0 spiro atoms. The summed E-state index contributed by atoms with van der Waals surface area (Å²) in [6.07, 6.45) is 0. The zero-order valence-corrected chi connectivity index (χ0v) is 10.0. The summed E-state index contributed by atoms with van der Waals surface area (Å²) >= 11 is 0. The van der Waals surface area contributed by atoms with Gasteiger partial charge in [0.2, 0.25) is 0 Å². The minimum absolute atomic E-state index is 0.200. The van der Waals surface area contributed by atoms with Gasteiger partial charge in [0, 0.05) is 0 Å². The Morgan fingerprint density at radius 1 is 1.31 bits per heavy atom. The fraction of sp³-hybridized carbons (Fsp3) is 0.417. The Labute approximate surface area is 96.5 Å². The first-order chi connectivity index (χ1) is 7.51. The monoisotopic (exact) mass is 221 g/mol. The summed E-state index contributed by atoms with van der Waals surface area (Å²) in [5.74, 6) is 6.00. The molecule has 0 saturated carbocycles. The molecule has 1 aromatic rings. The van der Waals surface area contributed by atoms with Gasteiger partial charge in [0.1, 0.15) is 12.4 Å². The Kier molecular flexibility index (Phi) is 4.46. The fourth-order valence-electron chi connectivity index (χ4n) is 1.05. The molecule has 0 atom stereocenters. The van der Waals surface area contributed by atoms with Crippen LogP contribution >= 0.6 is 0 Å². The predicted octanol–water partition coefficient (Wildman–Crippen LogP) is 1.99. The van der Waals surface area contributed by atoms with Crippen LogP contribution in [0.1, 0.15) is 20.8 Å². The van der Waals surface area contributed by atoms with Gasteiger partial charge < -0.3 is 10.2 Å². The van der Waals surface area contributed by atoms with E-state index in [0.29, 0.717) is 12.4 Å². The zero-order valence-electron chi connectivity index (χ0n) is 10.0. The lowest BCUT2D eigenvalue weighted by Gasteiger charge is -2.19. The maximum absolute atomic E-state index is 5.58.